The van der Waals surface area contributed by atoms with E-state index in [1.807, 2.05) is 14.1 Å². The molecule has 1 aromatic heterocycles. The molecular formula is C7H14N6O. The summed E-state index contributed by atoms with van der Waals surface area (Å²) in [7, 11) is 3.62. The predicted molar refractivity (Wildman–Crippen MR) is 54.1 cm³/mol. The Morgan fingerprint density at radius 1 is 1.36 bits per heavy atom. The van der Waals surface area contributed by atoms with Crippen molar-refractivity contribution in [2.24, 2.45) is 0 Å². The number of aromatic nitrogens is 3. The van der Waals surface area contributed by atoms with Crippen molar-refractivity contribution in [3.8, 4) is 0 Å². The highest BCUT2D eigenvalue weighted by atomic mass is 16.3. The van der Waals surface area contributed by atoms with Crippen LogP contribution in [0.5, 0.6) is 0 Å². The number of anilines is 3. The van der Waals surface area contributed by atoms with Crippen LogP contribution in [0.2, 0.25) is 0 Å². The van der Waals surface area contributed by atoms with E-state index in [9.17, 15) is 0 Å². The summed E-state index contributed by atoms with van der Waals surface area (Å²) in [5.74, 6) is 1.01. The molecule has 7 nitrogen and oxygen atoms in total. The maximum atomic E-state index is 8.60. The van der Waals surface area contributed by atoms with Crippen molar-refractivity contribution in [1.29, 1.82) is 0 Å². The van der Waals surface area contributed by atoms with Crippen molar-refractivity contribution >= 4 is 17.8 Å². The minimum absolute atomic E-state index is 0.0168. The van der Waals surface area contributed by atoms with Gasteiger partial charge in [0.25, 0.3) is 0 Å². The molecule has 0 atom stereocenters. The second-order valence-corrected chi connectivity index (χ2v) is 2.86. The van der Waals surface area contributed by atoms with E-state index in [1.165, 1.54) is 0 Å². The third-order valence-corrected chi connectivity index (χ3v) is 1.44. The molecule has 14 heavy (non-hydrogen) atoms. The van der Waals surface area contributed by atoms with E-state index in [-0.39, 0.29) is 12.6 Å². The Balaban J connectivity index is 2.84. The first kappa shape index (κ1) is 10.5. The predicted octanol–water partition coefficient (Wildman–Crippen LogP) is -1.08. The molecule has 7 heteroatoms. The zero-order chi connectivity index (χ0) is 10.6. The largest absolute Gasteiger partial charge is 0.395 e. The summed E-state index contributed by atoms with van der Waals surface area (Å²) < 4.78 is 0. The zero-order valence-electron chi connectivity index (χ0n) is 8.23. The van der Waals surface area contributed by atoms with Crippen LogP contribution in [-0.2, 0) is 0 Å². The van der Waals surface area contributed by atoms with Gasteiger partial charge in [0.2, 0.25) is 17.8 Å². The van der Waals surface area contributed by atoms with Gasteiger partial charge in [0.15, 0.2) is 0 Å². The fraction of sp³-hybridized carbons (Fsp3) is 0.571. The molecule has 0 spiro atoms. The minimum atomic E-state index is 0.0168. The van der Waals surface area contributed by atoms with E-state index < -0.39 is 0 Å². The van der Waals surface area contributed by atoms with Crippen LogP contribution in [0.15, 0.2) is 0 Å². The van der Waals surface area contributed by atoms with Crippen molar-refractivity contribution < 1.29 is 5.11 Å². The minimum Gasteiger partial charge on any atom is -0.395 e. The molecule has 0 saturated heterocycles. The molecule has 0 aliphatic heterocycles. The van der Waals surface area contributed by atoms with E-state index in [1.54, 1.807) is 4.90 Å². The lowest BCUT2D eigenvalue weighted by Gasteiger charge is -2.11. The van der Waals surface area contributed by atoms with Crippen LogP contribution in [0.1, 0.15) is 0 Å². The van der Waals surface area contributed by atoms with Gasteiger partial charge in [0, 0.05) is 20.6 Å². The Hall–Kier alpha value is -1.63. The maximum Gasteiger partial charge on any atom is 0.231 e. The molecule has 1 heterocycles. The number of aliphatic hydroxyl groups is 1. The number of hydrogen-bond acceptors (Lipinski definition) is 7. The van der Waals surface area contributed by atoms with Crippen LogP contribution < -0.4 is 16.0 Å². The van der Waals surface area contributed by atoms with E-state index >= 15 is 0 Å². The molecule has 1 rings (SSSR count). The molecule has 78 valence electrons. The van der Waals surface area contributed by atoms with Gasteiger partial charge in [0.05, 0.1) is 6.61 Å². The van der Waals surface area contributed by atoms with Gasteiger partial charge in [-0.05, 0) is 0 Å². The second kappa shape index (κ2) is 4.56. The number of aliphatic hydroxyl groups excluding tert-OH is 1. The first-order chi connectivity index (χ1) is 6.63. The third kappa shape index (κ3) is 2.70. The molecule has 0 unspecified atom stereocenters. The standard InChI is InChI=1S/C7H14N6O/c1-13(2)7-11-5(8)10-6(12-7)9-3-4-14/h14H,3-4H2,1-2H3,(H3,8,9,10,11,12). The Morgan fingerprint density at radius 2 is 2.07 bits per heavy atom. The maximum absolute atomic E-state index is 8.60. The number of nitrogen functional groups attached to an aromatic ring is 1. The van der Waals surface area contributed by atoms with Crippen LogP contribution in [0, 0.1) is 0 Å². The van der Waals surface area contributed by atoms with Crippen molar-refractivity contribution in [3.05, 3.63) is 0 Å². The molecule has 0 fully saturated rings. The molecule has 0 saturated carbocycles. The van der Waals surface area contributed by atoms with Gasteiger partial charge < -0.3 is 21.1 Å². The molecule has 0 aliphatic carbocycles. The van der Waals surface area contributed by atoms with Crippen LogP contribution in [0.25, 0.3) is 0 Å². The molecule has 4 N–H and O–H groups in total. The van der Waals surface area contributed by atoms with Gasteiger partial charge in [-0.1, -0.05) is 0 Å². The monoisotopic (exact) mass is 198 g/mol. The molecule has 1 aromatic rings. The van der Waals surface area contributed by atoms with Crippen LogP contribution in [-0.4, -0.2) is 47.3 Å². The molecular weight excluding hydrogens is 184 g/mol. The van der Waals surface area contributed by atoms with E-state index in [0.29, 0.717) is 18.4 Å². The Morgan fingerprint density at radius 3 is 2.64 bits per heavy atom. The number of nitrogens with two attached hydrogens (primary N) is 1. The van der Waals surface area contributed by atoms with Crippen molar-refractivity contribution in [3.63, 3.8) is 0 Å². The van der Waals surface area contributed by atoms with Gasteiger partial charge in [-0.2, -0.15) is 15.0 Å². The molecule has 0 radical (unpaired) electrons. The SMILES string of the molecule is CN(C)c1nc(N)nc(NCCO)n1. The molecule has 0 bridgehead atoms. The highest BCUT2D eigenvalue weighted by molar-refractivity contribution is 5.40. The highest BCUT2D eigenvalue weighted by Crippen LogP contribution is 2.08. The lowest BCUT2D eigenvalue weighted by atomic mass is 10.7. The quantitative estimate of drug-likeness (QED) is 0.566. The topological polar surface area (TPSA) is 100 Å². The van der Waals surface area contributed by atoms with Crippen molar-refractivity contribution in [2.45, 2.75) is 0 Å². The summed E-state index contributed by atoms with van der Waals surface area (Å²) in [5, 5.41) is 11.4. The fourth-order valence-electron chi connectivity index (χ4n) is 0.827. The normalized spacial score (nSPS) is 9.93. The summed E-state index contributed by atoms with van der Waals surface area (Å²) in [6.07, 6.45) is 0. The summed E-state index contributed by atoms with van der Waals surface area (Å²) in [6.45, 7) is 0.402. The number of hydrogen-bond donors (Lipinski definition) is 3. The Labute approximate surface area is 82.0 Å². The lowest BCUT2D eigenvalue weighted by Crippen LogP contribution is -2.17. The van der Waals surface area contributed by atoms with Crippen LogP contribution in [0.3, 0.4) is 0 Å². The van der Waals surface area contributed by atoms with Gasteiger partial charge in [-0.15, -0.1) is 0 Å². The summed E-state index contributed by atoms with van der Waals surface area (Å²) in [4.78, 5) is 13.6. The highest BCUT2D eigenvalue weighted by Gasteiger charge is 2.04. The Bertz CT molecular complexity index is 302. The van der Waals surface area contributed by atoms with Gasteiger partial charge >= 0.3 is 0 Å². The van der Waals surface area contributed by atoms with E-state index in [2.05, 4.69) is 20.3 Å². The average Bonchev–Trinajstić information content (AvgIpc) is 2.14. The van der Waals surface area contributed by atoms with E-state index in [0.717, 1.165) is 0 Å². The molecule has 0 amide bonds. The smallest absolute Gasteiger partial charge is 0.231 e. The van der Waals surface area contributed by atoms with Gasteiger partial charge in [0.1, 0.15) is 0 Å². The Kier molecular flexibility index (Phi) is 3.41. The number of nitrogens with one attached hydrogen (secondary N) is 1. The van der Waals surface area contributed by atoms with Gasteiger partial charge in [-0.3, -0.25) is 0 Å². The molecule has 0 aromatic carbocycles. The number of rotatable bonds is 4. The zero-order valence-corrected chi connectivity index (χ0v) is 8.23. The second-order valence-electron chi connectivity index (χ2n) is 2.86. The number of nitrogens with zero attached hydrogens (tertiary/aromatic N) is 4. The van der Waals surface area contributed by atoms with Crippen molar-refractivity contribution in [2.75, 3.05) is 43.2 Å². The van der Waals surface area contributed by atoms with Crippen LogP contribution in [0.4, 0.5) is 17.8 Å². The van der Waals surface area contributed by atoms with Crippen LogP contribution >= 0.6 is 0 Å². The van der Waals surface area contributed by atoms with E-state index in [4.69, 9.17) is 10.8 Å². The lowest BCUT2D eigenvalue weighted by molar-refractivity contribution is 0.311. The summed E-state index contributed by atoms with van der Waals surface area (Å²) in [6, 6.07) is 0. The van der Waals surface area contributed by atoms with Gasteiger partial charge in [-0.25, -0.2) is 0 Å². The third-order valence-electron chi connectivity index (χ3n) is 1.44. The molecule has 0 aliphatic rings. The summed E-state index contributed by atoms with van der Waals surface area (Å²) in [5.41, 5.74) is 5.48. The fourth-order valence-corrected chi connectivity index (χ4v) is 0.827. The first-order valence-electron chi connectivity index (χ1n) is 4.17. The summed E-state index contributed by atoms with van der Waals surface area (Å²) >= 11 is 0. The first-order valence-corrected chi connectivity index (χ1v) is 4.17. The average molecular weight is 198 g/mol. The van der Waals surface area contributed by atoms with Crippen molar-refractivity contribution in [1.82, 2.24) is 15.0 Å².